The highest BCUT2D eigenvalue weighted by Gasteiger charge is 2.15. The van der Waals surface area contributed by atoms with Crippen molar-refractivity contribution in [2.45, 2.75) is 32.1 Å². The first-order valence-electron chi connectivity index (χ1n) is 8.21. The maximum atomic E-state index is 12.3. The molecule has 1 unspecified atom stereocenters. The molecule has 24 heavy (non-hydrogen) atoms. The van der Waals surface area contributed by atoms with Gasteiger partial charge in [0.1, 0.15) is 0 Å². The molecule has 0 spiro atoms. The Morgan fingerprint density at radius 2 is 1.75 bits per heavy atom. The van der Waals surface area contributed by atoms with Gasteiger partial charge in [-0.3, -0.25) is 4.79 Å². The number of hydrogen-bond acceptors (Lipinski definition) is 2. The van der Waals surface area contributed by atoms with Gasteiger partial charge in [0.05, 0.1) is 11.8 Å². The second-order valence-electron chi connectivity index (χ2n) is 6.28. The second-order valence-corrected chi connectivity index (χ2v) is 7.70. The summed E-state index contributed by atoms with van der Waals surface area (Å²) in [5.41, 5.74) is 2.35. The summed E-state index contributed by atoms with van der Waals surface area (Å²) in [7, 11) is 0. The third kappa shape index (κ3) is 6.58. The van der Waals surface area contributed by atoms with Gasteiger partial charge in [0.25, 0.3) is 0 Å². The van der Waals surface area contributed by atoms with E-state index in [1.165, 1.54) is 11.1 Å². The van der Waals surface area contributed by atoms with Crippen molar-refractivity contribution in [2.24, 2.45) is 5.92 Å². The zero-order chi connectivity index (χ0) is 17.4. The van der Waals surface area contributed by atoms with Gasteiger partial charge in [-0.15, -0.1) is 11.8 Å². The number of rotatable bonds is 8. The number of carbonyl (C=O) groups excluding carboxylic acids is 1. The number of amides is 1. The molecule has 0 radical (unpaired) electrons. The Morgan fingerprint density at radius 1 is 1.08 bits per heavy atom. The molecule has 0 fully saturated rings. The second kappa shape index (κ2) is 9.75. The van der Waals surface area contributed by atoms with Crippen molar-refractivity contribution in [1.29, 1.82) is 0 Å². The summed E-state index contributed by atoms with van der Waals surface area (Å²) < 4.78 is 0. The summed E-state index contributed by atoms with van der Waals surface area (Å²) in [6.45, 7) is 4.36. The van der Waals surface area contributed by atoms with Gasteiger partial charge in [-0.25, -0.2) is 0 Å². The molecule has 0 aromatic heterocycles. The third-order valence-corrected chi connectivity index (χ3v) is 4.92. The molecule has 0 saturated carbocycles. The molecule has 1 atom stereocenters. The fraction of sp³-hybridized carbons (Fsp3) is 0.350. The van der Waals surface area contributed by atoms with Crippen molar-refractivity contribution in [3.63, 3.8) is 0 Å². The molecule has 1 amide bonds. The first-order valence-corrected chi connectivity index (χ1v) is 9.74. The predicted molar refractivity (Wildman–Crippen MR) is 104 cm³/mol. The van der Waals surface area contributed by atoms with E-state index in [0.29, 0.717) is 11.7 Å². The van der Waals surface area contributed by atoms with E-state index in [9.17, 15) is 4.79 Å². The number of halogens is 1. The molecule has 2 rings (SSSR count). The topological polar surface area (TPSA) is 29.1 Å². The van der Waals surface area contributed by atoms with Crippen molar-refractivity contribution in [3.8, 4) is 0 Å². The lowest BCUT2D eigenvalue weighted by Gasteiger charge is -2.21. The Morgan fingerprint density at radius 3 is 2.38 bits per heavy atom. The number of thioether (sulfide) groups is 1. The minimum absolute atomic E-state index is 0.0785. The molecule has 0 aliphatic carbocycles. The summed E-state index contributed by atoms with van der Waals surface area (Å²) in [4.78, 5) is 12.3. The van der Waals surface area contributed by atoms with E-state index in [1.54, 1.807) is 11.8 Å². The average Bonchev–Trinajstić information content (AvgIpc) is 2.56. The van der Waals surface area contributed by atoms with E-state index in [4.69, 9.17) is 11.6 Å². The van der Waals surface area contributed by atoms with Crippen molar-refractivity contribution in [1.82, 2.24) is 5.32 Å². The van der Waals surface area contributed by atoms with Gasteiger partial charge >= 0.3 is 0 Å². The molecule has 1 N–H and O–H groups in total. The summed E-state index contributed by atoms with van der Waals surface area (Å²) in [5, 5.41) is 3.92. The van der Waals surface area contributed by atoms with Crippen LogP contribution in [0.4, 0.5) is 0 Å². The molecular weight excluding hydrogens is 338 g/mol. The summed E-state index contributed by atoms with van der Waals surface area (Å²) >= 11 is 7.50. The average molecular weight is 362 g/mol. The lowest BCUT2D eigenvalue weighted by atomic mass is 9.97. The van der Waals surface area contributed by atoms with Crippen LogP contribution in [0.3, 0.4) is 0 Å². The van der Waals surface area contributed by atoms with Crippen LogP contribution in [0.25, 0.3) is 0 Å². The summed E-state index contributed by atoms with van der Waals surface area (Å²) in [6, 6.07) is 18.0. The maximum absolute atomic E-state index is 12.3. The van der Waals surface area contributed by atoms with Crippen LogP contribution in [0.1, 0.15) is 37.4 Å². The Kier molecular flexibility index (Phi) is 7.67. The Bertz CT molecular complexity index is 628. The van der Waals surface area contributed by atoms with Crippen LogP contribution < -0.4 is 5.32 Å². The highest BCUT2D eigenvalue weighted by Crippen LogP contribution is 2.21. The predicted octanol–water partition coefficient (Wildman–Crippen LogP) is 5.48. The Labute approximate surface area is 154 Å². The SMILES string of the molecule is CC(C)CC(NC(=O)CSCc1ccc(Cl)cc1)c1ccccc1. The fourth-order valence-corrected chi connectivity index (χ4v) is 3.44. The van der Waals surface area contributed by atoms with Gasteiger partial charge in [0.15, 0.2) is 0 Å². The molecule has 2 aromatic carbocycles. The van der Waals surface area contributed by atoms with Gasteiger partial charge in [-0.2, -0.15) is 0 Å². The highest BCUT2D eigenvalue weighted by molar-refractivity contribution is 7.99. The lowest BCUT2D eigenvalue weighted by Crippen LogP contribution is -2.30. The van der Waals surface area contributed by atoms with E-state index in [2.05, 4.69) is 31.3 Å². The molecule has 4 heteroatoms. The van der Waals surface area contributed by atoms with E-state index in [0.717, 1.165) is 17.2 Å². The van der Waals surface area contributed by atoms with Crippen LogP contribution in [-0.2, 0) is 10.5 Å². The lowest BCUT2D eigenvalue weighted by molar-refractivity contribution is -0.119. The van der Waals surface area contributed by atoms with Gasteiger partial charge in [0, 0.05) is 10.8 Å². The summed E-state index contributed by atoms with van der Waals surface area (Å²) in [6.07, 6.45) is 0.942. The quantitative estimate of drug-likeness (QED) is 0.674. The van der Waals surface area contributed by atoms with Crippen LogP contribution in [-0.4, -0.2) is 11.7 Å². The number of benzene rings is 2. The normalized spacial score (nSPS) is 12.2. The molecule has 0 saturated heterocycles. The standard InChI is InChI=1S/C20H24ClNOS/c1-15(2)12-19(17-6-4-3-5-7-17)22-20(23)14-24-13-16-8-10-18(21)11-9-16/h3-11,15,19H,12-14H2,1-2H3,(H,22,23). The molecule has 0 heterocycles. The fourth-order valence-electron chi connectivity index (χ4n) is 2.51. The van der Waals surface area contributed by atoms with Crippen molar-refractivity contribution < 1.29 is 4.79 Å². The van der Waals surface area contributed by atoms with Crippen LogP contribution in [0.15, 0.2) is 54.6 Å². The van der Waals surface area contributed by atoms with E-state index < -0.39 is 0 Å². The third-order valence-electron chi connectivity index (χ3n) is 3.66. The van der Waals surface area contributed by atoms with Crippen molar-refractivity contribution in [3.05, 3.63) is 70.7 Å². The van der Waals surface area contributed by atoms with Crippen molar-refractivity contribution >= 4 is 29.3 Å². The van der Waals surface area contributed by atoms with Crippen LogP contribution in [0, 0.1) is 5.92 Å². The molecule has 2 nitrogen and oxygen atoms in total. The molecule has 2 aromatic rings. The number of nitrogens with one attached hydrogen (secondary N) is 1. The van der Waals surface area contributed by atoms with Crippen LogP contribution in [0.2, 0.25) is 5.02 Å². The smallest absolute Gasteiger partial charge is 0.230 e. The molecule has 128 valence electrons. The largest absolute Gasteiger partial charge is 0.349 e. The zero-order valence-electron chi connectivity index (χ0n) is 14.2. The minimum atomic E-state index is 0.0785. The van der Waals surface area contributed by atoms with E-state index in [-0.39, 0.29) is 11.9 Å². The van der Waals surface area contributed by atoms with E-state index >= 15 is 0 Å². The molecular formula is C20H24ClNOS. The summed E-state index contributed by atoms with van der Waals surface area (Å²) in [5.74, 6) is 1.88. The molecule has 0 aliphatic heterocycles. The van der Waals surface area contributed by atoms with Crippen molar-refractivity contribution in [2.75, 3.05) is 5.75 Å². The Hall–Kier alpha value is -1.45. The van der Waals surface area contributed by atoms with Gasteiger partial charge in [0.2, 0.25) is 5.91 Å². The minimum Gasteiger partial charge on any atom is -0.349 e. The van der Waals surface area contributed by atoms with Gasteiger partial charge in [-0.1, -0.05) is 67.9 Å². The zero-order valence-corrected chi connectivity index (χ0v) is 15.7. The maximum Gasteiger partial charge on any atom is 0.230 e. The molecule has 0 bridgehead atoms. The van der Waals surface area contributed by atoms with Crippen LogP contribution >= 0.6 is 23.4 Å². The Balaban J connectivity index is 1.85. The van der Waals surface area contributed by atoms with Gasteiger partial charge < -0.3 is 5.32 Å². The number of hydrogen-bond donors (Lipinski definition) is 1. The first kappa shape index (κ1) is 18.9. The van der Waals surface area contributed by atoms with E-state index in [1.807, 2.05) is 42.5 Å². The highest BCUT2D eigenvalue weighted by atomic mass is 35.5. The number of carbonyl (C=O) groups is 1. The van der Waals surface area contributed by atoms with Gasteiger partial charge in [-0.05, 0) is 35.6 Å². The molecule has 0 aliphatic rings. The first-order chi connectivity index (χ1) is 11.5. The monoisotopic (exact) mass is 361 g/mol. The van der Waals surface area contributed by atoms with Crippen LogP contribution in [0.5, 0.6) is 0 Å².